The predicted octanol–water partition coefficient (Wildman–Crippen LogP) is 4.56. The van der Waals surface area contributed by atoms with Crippen molar-refractivity contribution in [2.24, 2.45) is 4.99 Å². The average molecular weight is 346 g/mol. The number of amidine groups is 1. The van der Waals surface area contributed by atoms with Crippen LogP contribution in [0.2, 0.25) is 0 Å². The SMILES string of the molecule is O=C1N=C2C=CC(c3cccc(C(F)(F)F)c3)=CN2C12CCCCC2. The van der Waals surface area contributed by atoms with Crippen molar-refractivity contribution in [2.75, 3.05) is 0 Å². The van der Waals surface area contributed by atoms with E-state index in [9.17, 15) is 18.0 Å². The Morgan fingerprint density at radius 1 is 1.08 bits per heavy atom. The van der Waals surface area contributed by atoms with Crippen molar-refractivity contribution < 1.29 is 18.0 Å². The molecule has 4 rings (SSSR count). The minimum atomic E-state index is -4.38. The van der Waals surface area contributed by atoms with Gasteiger partial charge < -0.3 is 4.90 Å². The number of hydrogen-bond acceptors (Lipinski definition) is 2. The van der Waals surface area contributed by atoms with Gasteiger partial charge in [0.2, 0.25) is 0 Å². The highest BCUT2D eigenvalue weighted by atomic mass is 19.4. The van der Waals surface area contributed by atoms with Gasteiger partial charge in [0.05, 0.1) is 5.56 Å². The molecule has 3 nitrogen and oxygen atoms in total. The largest absolute Gasteiger partial charge is 0.416 e. The van der Waals surface area contributed by atoms with Crippen LogP contribution < -0.4 is 0 Å². The summed E-state index contributed by atoms with van der Waals surface area (Å²) in [7, 11) is 0. The molecule has 0 saturated heterocycles. The summed E-state index contributed by atoms with van der Waals surface area (Å²) in [5, 5.41) is 0. The normalized spacial score (nSPS) is 22.0. The molecular weight excluding hydrogens is 329 g/mol. The van der Waals surface area contributed by atoms with Crippen LogP contribution in [0.25, 0.3) is 5.57 Å². The topological polar surface area (TPSA) is 32.7 Å². The zero-order chi connectivity index (χ0) is 17.7. The van der Waals surface area contributed by atoms with Gasteiger partial charge in [0, 0.05) is 6.20 Å². The summed E-state index contributed by atoms with van der Waals surface area (Å²) in [5.41, 5.74) is -0.186. The number of carbonyl (C=O) groups is 1. The molecule has 0 N–H and O–H groups in total. The molecule has 2 aliphatic heterocycles. The molecule has 1 aromatic rings. The summed E-state index contributed by atoms with van der Waals surface area (Å²) < 4.78 is 38.9. The van der Waals surface area contributed by atoms with Crippen molar-refractivity contribution in [1.82, 2.24) is 4.90 Å². The van der Waals surface area contributed by atoms with Crippen LogP contribution in [0.5, 0.6) is 0 Å². The van der Waals surface area contributed by atoms with E-state index in [4.69, 9.17) is 0 Å². The first-order chi connectivity index (χ1) is 11.9. The molecule has 3 aliphatic rings. The van der Waals surface area contributed by atoms with Crippen LogP contribution in [-0.2, 0) is 11.0 Å². The van der Waals surface area contributed by atoms with E-state index in [1.807, 2.05) is 4.90 Å². The highest BCUT2D eigenvalue weighted by Crippen LogP contribution is 2.41. The molecule has 130 valence electrons. The van der Waals surface area contributed by atoms with Crippen LogP contribution in [0.1, 0.15) is 43.2 Å². The quantitative estimate of drug-likeness (QED) is 0.747. The smallest absolute Gasteiger partial charge is 0.317 e. The molecule has 0 unspecified atom stereocenters. The maximum absolute atomic E-state index is 13.0. The average Bonchev–Trinajstić information content (AvgIpc) is 2.86. The zero-order valence-electron chi connectivity index (χ0n) is 13.5. The number of aliphatic imine (C=N–C) groups is 1. The Balaban J connectivity index is 1.73. The first-order valence-electron chi connectivity index (χ1n) is 8.40. The zero-order valence-corrected chi connectivity index (χ0v) is 13.5. The molecular formula is C19H17F3N2O. The number of amides is 1. The van der Waals surface area contributed by atoms with E-state index in [0.717, 1.165) is 44.2 Å². The molecule has 6 heteroatoms. The highest BCUT2D eigenvalue weighted by Gasteiger charge is 2.50. The maximum Gasteiger partial charge on any atom is 0.416 e. The van der Waals surface area contributed by atoms with E-state index in [2.05, 4.69) is 4.99 Å². The number of fused-ring (bicyclic) bond motifs is 2. The molecule has 2 heterocycles. The Hall–Kier alpha value is -2.37. The number of nitrogens with zero attached hydrogens (tertiary/aromatic N) is 2. The minimum absolute atomic E-state index is 0.131. The van der Waals surface area contributed by atoms with Crippen molar-refractivity contribution >= 4 is 17.3 Å². The molecule has 25 heavy (non-hydrogen) atoms. The molecule has 1 spiro atoms. The first-order valence-corrected chi connectivity index (χ1v) is 8.40. The molecule has 1 saturated carbocycles. The van der Waals surface area contributed by atoms with Gasteiger partial charge in [0.25, 0.3) is 5.91 Å². The third-order valence-corrected chi connectivity index (χ3v) is 5.21. The summed E-state index contributed by atoms with van der Waals surface area (Å²) in [6, 6.07) is 5.26. The third-order valence-electron chi connectivity index (χ3n) is 5.21. The summed E-state index contributed by atoms with van der Waals surface area (Å²) >= 11 is 0. The van der Waals surface area contributed by atoms with Gasteiger partial charge in [-0.1, -0.05) is 31.4 Å². The van der Waals surface area contributed by atoms with Gasteiger partial charge in [-0.15, -0.1) is 0 Å². The lowest BCUT2D eigenvalue weighted by molar-refractivity contribution is -0.137. The first kappa shape index (κ1) is 16.1. The van der Waals surface area contributed by atoms with Crippen molar-refractivity contribution in [3.05, 3.63) is 53.7 Å². The second kappa shape index (κ2) is 5.58. The van der Waals surface area contributed by atoms with Crippen LogP contribution in [0.15, 0.2) is 47.6 Å². The van der Waals surface area contributed by atoms with Crippen molar-refractivity contribution in [1.29, 1.82) is 0 Å². The van der Waals surface area contributed by atoms with Gasteiger partial charge in [0.1, 0.15) is 11.4 Å². The van der Waals surface area contributed by atoms with Crippen LogP contribution in [-0.4, -0.2) is 22.2 Å². The molecule has 0 atom stereocenters. The van der Waals surface area contributed by atoms with Crippen LogP contribution in [0.4, 0.5) is 13.2 Å². The minimum Gasteiger partial charge on any atom is -0.317 e. The second-order valence-electron chi connectivity index (χ2n) is 6.73. The van der Waals surface area contributed by atoms with Gasteiger partial charge in [-0.25, -0.2) is 0 Å². The van der Waals surface area contributed by atoms with E-state index in [0.29, 0.717) is 17.0 Å². The second-order valence-corrected chi connectivity index (χ2v) is 6.73. The van der Waals surface area contributed by atoms with E-state index in [1.165, 1.54) is 6.07 Å². The number of alkyl halides is 3. The molecule has 1 aromatic carbocycles. The fraction of sp³-hybridized carbons (Fsp3) is 0.368. The number of hydrogen-bond donors (Lipinski definition) is 0. The number of halogens is 3. The number of carbonyl (C=O) groups excluding carboxylic acids is 1. The molecule has 1 amide bonds. The van der Waals surface area contributed by atoms with Crippen molar-refractivity contribution in [2.45, 2.75) is 43.8 Å². The lowest BCUT2D eigenvalue weighted by Gasteiger charge is -2.40. The van der Waals surface area contributed by atoms with Gasteiger partial charge in [0.15, 0.2) is 0 Å². The Kier molecular flexibility index (Phi) is 3.60. The Bertz CT molecular complexity index is 814. The summed E-state index contributed by atoms with van der Waals surface area (Å²) in [5.74, 6) is 0.455. The third kappa shape index (κ3) is 2.60. The Morgan fingerprint density at radius 2 is 1.84 bits per heavy atom. The lowest BCUT2D eigenvalue weighted by atomic mass is 9.80. The predicted molar refractivity (Wildman–Crippen MR) is 88.7 cm³/mol. The molecule has 1 fully saturated rings. The highest BCUT2D eigenvalue weighted by molar-refractivity contribution is 6.13. The van der Waals surface area contributed by atoms with Gasteiger partial charge in [-0.05, 0) is 48.3 Å². The lowest BCUT2D eigenvalue weighted by Crippen LogP contribution is -2.50. The van der Waals surface area contributed by atoms with E-state index >= 15 is 0 Å². The van der Waals surface area contributed by atoms with E-state index in [1.54, 1.807) is 24.4 Å². The van der Waals surface area contributed by atoms with Crippen molar-refractivity contribution in [3.8, 4) is 0 Å². The maximum atomic E-state index is 13.0. The molecule has 0 aromatic heterocycles. The summed E-state index contributed by atoms with van der Waals surface area (Å²) in [4.78, 5) is 18.5. The van der Waals surface area contributed by atoms with E-state index in [-0.39, 0.29) is 5.91 Å². The van der Waals surface area contributed by atoms with Crippen LogP contribution >= 0.6 is 0 Å². The number of benzene rings is 1. The number of rotatable bonds is 1. The van der Waals surface area contributed by atoms with Crippen LogP contribution in [0, 0.1) is 0 Å². The van der Waals surface area contributed by atoms with Crippen molar-refractivity contribution in [3.63, 3.8) is 0 Å². The van der Waals surface area contributed by atoms with Gasteiger partial charge in [-0.3, -0.25) is 4.79 Å². The molecule has 0 bridgehead atoms. The summed E-state index contributed by atoms with van der Waals surface area (Å²) in [6.07, 6.45) is 5.33. The number of allylic oxidation sites excluding steroid dienone is 2. The van der Waals surface area contributed by atoms with Gasteiger partial charge in [-0.2, -0.15) is 18.2 Å². The fourth-order valence-corrected chi connectivity index (χ4v) is 3.88. The van der Waals surface area contributed by atoms with E-state index < -0.39 is 17.3 Å². The fourth-order valence-electron chi connectivity index (χ4n) is 3.88. The van der Waals surface area contributed by atoms with Crippen LogP contribution in [0.3, 0.4) is 0 Å². The molecule has 0 radical (unpaired) electrons. The standard InChI is InChI=1S/C19H17F3N2O/c20-19(21,22)15-6-4-5-13(11-15)14-7-8-16-23-17(25)18(24(16)12-14)9-2-1-3-10-18/h4-8,11-12H,1-3,9-10H2. The summed E-state index contributed by atoms with van der Waals surface area (Å²) in [6.45, 7) is 0. The Labute approximate surface area is 143 Å². The monoisotopic (exact) mass is 346 g/mol. The van der Waals surface area contributed by atoms with Gasteiger partial charge >= 0.3 is 6.18 Å². The Morgan fingerprint density at radius 3 is 2.56 bits per heavy atom. The molecule has 1 aliphatic carbocycles.